The SMILES string of the molecule is CCc1nc(CC)n(-c2nc(Cl)ncc2C)n1. The van der Waals surface area contributed by atoms with Crippen LogP contribution in [0.1, 0.15) is 31.1 Å². The first-order chi connectivity index (χ1) is 8.15. The van der Waals surface area contributed by atoms with Gasteiger partial charge < -0.3 is 0 Å². The molecule has 0 atom stereocenters. The van der Waals surface area contributed by atoms with Gasteiger partial charge in [0.15, 0.2) is 11.6 Å². The average molecular weight is 252 g/mol. The van der Waals surface area contributed by atoms with Gasteiger partial charge in [-0.1, -0.05) is 13.8 Å². The van der Waals surface area contributed by atoms with Gasteiger partial charge in [0.05, 0.1) is 0 Å². The lowest BCUT2D eigenvalue weighted by atomic mass is 10.3. The van der Waals surface area contributed by atoms with E-state index >= 15 is 0 Å². The van der Waals surface area contributed by atoms with Crippen LogP contribution in [-0.4, -0.2) is 24.7 Å². The second-order valence-corrected chi connectivity index (χ2v) is 4.05. The molecular formula is C11H14ClN5. The molecule has 0 amide bonds. The molecule has 0 aliphatic rings. The minimum Gasteiger partial charge on any atom is -0.226 e. The quantitative estimate of drug-likeness (QED) is 0.785. The Kier molecular flexibility index (Phi) is 3.38. The summed E-state index contributed by atoms with van der Waals surface area (Å²) >= 11 is 5.82. The van der Waals surface area contributed by atoms with Gasteiger partial charge in [-0.15, -0.1) is 5.10 Å². The molecule has 2 heterocycles. The predicted octanol–water partition coefficient (Wildman–Crippen LogP) is 2.14. The third-order valence-electron chi connectivity index (χ3n) is 2.47. The summed E-state index contributed by atoms with van der Waals surface area (Å²) in [4.78, 5) is 12.6. The topological polar surface area (TPSA) is 56.5 Å². The fourth-order valence-corrected chi connectivity index (χ4v) is 1.70. The van der Waals surface area contributed by atoms with Crippen LogP contribution in [0.2, 0.25) is 5.28 Å². The van der Waals surface area contributed by atoms with E-state index in [4.69, 9.17) is 11.6 Å². The fraction of sp³-hybridized carbons (Fsp3) is 0.455. The minimum absolute atomic E-state index is 0.223. The highest BCUT2D eigenvalue weighted by Crippen LogP contribution is 2.14. The standard InChI is InChI=1S/C11H14ClN5/c1-4-8-14-9(5-2)17(16-8)10-7(3)6-13-11(12)15-10/h6H,4-5H2,1-3H3. The maximum Gasteiger partial charge on any atom is 0.224 e. The number of rotatable bonds is 3. The van der Waals surface area contributed by atoms with Crippen molar-refractivity contribution in [1.29, 1.82) is 0 Å². The van der Waals surface area contributed by atoms with Crippen molar-refractivity contribution in [3.63, 3.8) is 0 Å². The molecular weight excluding hydrogens is 238 g/mol. The second kappa shape index (κ2) is 4.79. The highest BCUT2D eigenvalue weighted by Gasteiger charge is 2.13. The van der Waals surface area contributed by atoms with Gasteiger partial charge in [-0.3, -0.25) is 0 Å². The highest BCUT2D eigenvalue weighted by molar-refractivity contribution is 6.28. The van der Waals surface area contributed by atoms with Crippen molar-refractivity contribution >= 4 is 11.6 Å². The van der Waals surface area contributed by atoms with Crippen molar-refractivity contribution in [3.05, 3.63) is 28.7 Å². The Balaban J connectivity index is 2.58. The summed E-state index contributed by atoms with van der Waals surface area (Å²) in [5, 5.41) is 4.65. The molecule has 0 N–H and O–H groups in total. The Bertz CT molecular complexity index is 535. The van der Waals surface area contributed by atoms with E-state index in [1.165, 1.54) is 0 Å². The number of nitrogens with zero attached hydrogens (tertiary/aromatic N) is 5. The summed E-state index contributed by atoms with van der Waals surface area (Å²) in [7, 11) is 0. The van der Waals surface area contributed by atoms with Crippen LogP contribution in [0.15, 0.2) is 6.20 Å². The molecule has 0 unspecified atom stereocenters. The van der Waals surface area contributed by atoms with Crippen LogP contribution in [-0.2, 0) is 12.8 Å². The van der Waals surface area contributed by atoms with Gasteiger partial charge in [0.1, 0.15) is 5.82 Å². The summed E-state index contributed by atoms with van der Waals surface area (Å²) in [6.45, 7) is 6.00. The smallest absolute Gasteiger partial charge is 0.224 e. The van der Waals surface area contributed by atoms with Crippen molar-refractivity contribution in [2.24, 2.45) is 0 Å². The van der Waals surface area contributed by atoms with Crippen molar-refractivity contribution < 1.29 is 0 Å². The van der Waals surface area contributed by atoms with E-state index in [1.54, 1.807) is 10.9 Å². The van der Waals surface area contributed by atoms with E-state index in [0.29, 0.717) is 5.82 Å². The zero-order valence-electron chi connectivity index (χ0n) is 10.1. The summed E-state index contributed by atoms with van der Waals surface area (Å²) in [6, 6.07) is 0. The number of aromatic nitrogens is 5. The van der Waals surface area contributed by atoms with Crippen LogP contribution in [0.5, 0.6) is 0 Å². The van der Waals surface area contributed by atoms with Gasteiger partial charge in [0.25, 0.3) is 0 Å². The van der Waals surface area contributed by atoms with Crippen molar-refractivity contribution in [2.45, 2.75) is 33.6 Å². The van der Waals surface area contributed by atoms with Gasteiger partial charge in [-0.2, -0.15) is 9.67 Å². The molecule has 2 aromatic heterocycles. The molecule has 0 aliphatic heterocycles. The maximum absolute atomic E-state index is 5.82. The molecule has 2 aromatic rings. The van der Waals surface area contributed by atoms with E-state index in [2.05, 4.69) is 20.1 Å². The van der Waals surface area contributed by atoms with Gasteiger partial charge in [-0.25, -0.2) is 9.97 Å². The Labute approximate surface area is 105 Å². The molecule has 0 spiro atoms. The van der Waals surface area contributed by atoms with Crippen LogP contribution in [0.25, 0.3) is 5.82 Å². The molecule has 0 saturated heterocycles. The molecule has 6 heteroatoms. The Morgan fingerprint density at radius 3 is 2.65 bits per heavy atom. The van der Waals surface area contributed by atoms with E-state index in [-0.39, 0.29) is 5.28 Å². The average Bonchev–Trinajstić information content (AvgIpc) is 2.75. The first kappa shape index (κ1) is 12.0. The Morgan fingerprint density at radius 1 is 1.24 bits per heavy atom. The monoisotopic (exact) mass is 251 g/mol. The lowest BCUT2D eigenvalue weighted by molar-refractivity contribution is 0.759. The zero-order valence-corrected chi connectivity index (χ0v) is 10.9. The van der Waals surface area contributed by atoms with E-state index < -0.39 is 0 Å². The molecule has 0 radical (unpaired) electrons. The van der Waals surface area contributed by atoms with Crippen LogP contribution >= 0.6 is 11.6 Å². The molecule has 0 fully saturated rings. The normalized spacial score (nSPS) is 10.8. The number of hydrogen-bond donors (Lipinski definition) is 0. The zero-order chi connectivity index (χ0) is 12.4. The predicted molar refractivity (Wildman–Crippen MR) is 65.5 cm³/mol. The fourth-order valence-electron chi connectivity index (χ4n) is 1.57. The number of hydrogen-bond acceptors (Lipinski definition) is 4. The first-order valence-electron chi connectivity index (χ1n) is 5.60. The van der Waals surface area contributed by atoms with Crippen LogP contribution in [0.3, 0.4) is 0 Å². The highest BCUT2D eigenvalue weighted by atomic mass is 35.5. The van der Waals surface area contributed by atoms with Gasteiger partial charge in [0.2, 0.25) is 5.28 Å². The summed E-state index contributed by atoms with van der Waals surface area (Å²) in [5.74, 6) is 2.41. The largest absolute Gasteiger partial charge is 0.226 e. The Morgan fingerprint density at radius 2 is 2.00 bits per heavy atom. The van der Waals surface area contributed by atoms with Crippen LogP contribution in [0, 0.1) is 6.92 Å². The van der Waals surface area contributed by atoms with E-state index in [9.17, 15) is 0 Å². The molecule has 5 nitrogen and oxygen atoms in total. The molecule has 90 valence electrons. The number of halogens is 1. The minimum atomic E-state index is 0.223. The third kappa shape index (κ3) is 2.29. The third-order valence-corrected chi connectivity index (χ3v) is 2.65. The van der Waals surface area contributed by atoms with E-state index in [0.717, 1.165) is 30.1 Å². The molecule has 17 heavy (non-hydrogen) atoms. The second-order valence-electron chi connectivity index (χ2n) is 3.71. The van der Waals surface area contributed by atoms with Crippen LogP contribution < -0.4 is 0 Å². The van der Waals surface area contributed by atoms with Crippen LogP contribution in [0.4, 0.5) is 0 Å². The first-order valence-corrected chi connectivity index (χ1v) is 5.97. The van der Waals surface area contributed by atoms with Crippen molar-refractivity contribution in [1.82, 2.24) is 24.7 Å². The van der Waals surface area contributed by atoms with E-state index in [1.807, 2.05) is 20.8 Å². The van der Waals surface area contributed by atoms with Gasteiger partial charge in [0, 0.05) is 24.6 Å². The molecule has 0 aliphatic carbocycles. The summed E-state index contributed by atoms with van der Waals surface area (Å²) in [6.07, 6.45) is 3.29. The van der Waals surface area contributed by atoms with Crippen molar-refractivity contribution in [3.8, 4) is 5.82 Å². The maximum atomic E-state index is 5.82. The summed E-state index contributed by atoms with van der Waals surface area (Å²) in [5.41, 5.74) is 0.927. The number of aryl methyl sites for hydroxylation is 3. The van der Waals surface area contributed by atoms with Gasteiger partial charge >= 0.3 is 0 Å². The molecule has 2 rings (SSSR count). The molecule has 0 aromatic carbocycles. The van der Waals surface area contributed by atoms with Crippen molar-refractivity contribution in [2.75, 3.05) is 0 Å². The molecule has 0 saturated carbocycles. The lowest BCUT2D eigenvalue weighted by Crippen LogP contribution is -2.07. The Hall–Kier alpha value is -1.49. The van der Waals surface area contributed by atoms with Gasteiger partial charge in [-0.05, 0) is 18.5 Å². The summed E-state index contributed by atoms with van der Waals surface area (Å²) < 4.78 is 1.75. The lowest BCUT2D eigenvalue weighted by Gasteiger charge is -2.06. The molecule has 0 bridgehead atoms.